The number of aromatic nitrogens is 2. The number of β-lactam (4-membered cyclic amide) rings is 1. The van der Waals surface area contributed by atoms with Crippen molar-refractivity contribution in [2.24, 2.45) is 0 Å². The Bertz CT molecular complexity index is 1530. The Morgan fingerprint density at radius 2 is 1.61 bits per heavy atom. The van der Waals surface area contributed by atoms with E-state index < -0.39 is 23.5 Å². The van der Waals surface area contributed by atoms with E-state index in [2.05, 4.69) is 15.5 Å². The number of rotatable bonds is 9. The maximum absolute atomic E-state index is 14.0. The number of hydrogen-bond acceptors (Lipinski definition) is 9. The Kier molecular flexibility index (Phi) is 8.17. The van der Waals surface area contributed by atoms with E-state index in [1.165, 1.54) is 39.8 Å². The summed E-state index contributed by atoms with van der Waals surface area (Å²) in [5.41, 5.74) is 4.29. The molecule has 1 N–H and O–H groups in total. The van der Waals surface area contributed by atoms with E-state index >= 15 is 0 Å². The Morgan fingerprint density at radius 1 is 0.976 bits per heavy atom. The van der Waals surface area contributed by atoms with Gasteiger partial charge in [-0.2, -0.15) is 0 Å². The highest BCUT2D eigenvalue weighted by Crippen LogP contribution is 2.46. The van der Waals surface area contributed by atoms with Crippen LogP contribution in [-0.4, -0.2) is 50.0 Å². The number of nitrogens with zero attached hydrogens (tertiary/aromatic N) is 3. The minimum absolute atomic E-state index is 0.167. The normalized spacial score (nSPS) is 18.1. The Balaban J connectivity index is 1.27. The summed E-state index contributed by atoms with van der Waals surface area (Å²) in [7, 11) is 0. The Hall–Kier alpha value is -3.93. The molecule has 11 heteroatoms. The molecule has 1 fully saturated rings. The molecule has 3 heterocycles. The zero-order chi connectivity index (χ0) is 28.2. The van der Waals surface area contributed by atoms with E-state index in [0.29, 0.717) is 15.0 Å². The third-order valence-corrected chi connectivity index (χ3v) is 9.96. The first kappa shape index (κ1) is 27.3. The second kappa shape index (κ2) is 12.3. The van der Waals surface area contributed by atoms with Gasteiger partial charge < -0.3 is 10.1 Å². The molecule has 2 amide bonds. The molecule has 6 rings (SSSR count). The van der Waals surface area contributed by atoms with Crippen LogP contribution in [0.25, 0.3) is 0 Å². The highest BCUT2D eigenvalue weighted by molar-refractivity contribution is 8.07. The number of ether oxygens (including phenoxy) is 1. The summed E-state index contributed by atoms with van der Waals surface area (Å²) in [6, 6.07) is 27.6. The van der Waals surface area contributed by atoms with E-state index in [1.54, 1.807) is 5.51 Å². The molecule has 8 nitrogen and oxygen atoms in total. The van der Waals surface area contributed by atoms with Gasteiger partial charge in [-0.25, -0.2) is 4.79 Å². The second-order valence-corrected chi connectivity index (χ2v) is 12.6. The van der Waals surface area contributed by atoms with E-state index in [4.69, 9.17) is 4.74 Å². The van der Waals surface area contributed by atoms with Gasteiger partial charge in [-0.05, 0) is 16.7 Å². The molecule has 0 saturated carbocycles. The van der Waals surface area contributed by atoms with Crippen molar-refractivity contribution in [2.45, 2.75) is 28.3 Å². The van der Waals surface area contributed by atoms with Gasteiger partial charge in [0.15, 0.2) is 10.4 Å². The fraction of sp³-hybridized carbons (Fsp3) is 0.167. The van der Waals surface area contributed by atoms with Crippen molar-refractivity contribution in [3.05, 3.63) is 124 Å². The number of carbonyl (C=O) groups excluding carboxylic acids is 3. The predicted molar refractivity (Wildman–Crippen MR) is 159 cm³/mol. The van der Waals surface area contributed by atoms with E-state index in [9.17, 15) is 14.4 Å². The van der Waals surface area contributed by atoms with Gasteiger partial charge in [-0.15, -0.1) is 22.0 Å². The minimum atomic E-state index is -0.730. The van der Waals surface area contributed by atoms with Gasteiger partial charge >= 0.3 is 5.97 Å². The number of hydrogen-bond donors (Lipinski definition) is 1. The van der Waals surface area contributed by atoms with Crippen LogP contribution in [0.2, 0.25) is 0 Å². The fourth-order valence-electron chi connectivity index (χ4n) is 4.72. The second-order valence-electron chi connectivity index (χ2n) is 9.30. The molecule has 0 radical (unpaired) electrons. The molecule has 2 aliphatic rings. The van der Waals surface area contributed by atoms with Crippen molar-refractivity contribution in [1.82, 2.24) is 20.4 Å². The highest BCUT2D eigenvalue weighted by atomic mass is 32.2. The summed E-state index contributed by atoms with van der Waals surface area (Å²) >= 11 is 4.16. The zero-order valence-electron chi connectivity index (χ0n) is 21.6. The monoisotopic (exact) mass is 600 g/mol. The lowest BCUT2D eigenvalue weighted by atomic mass is 10.0. The molecule has 0 spiro atoms. The number of nitrogens with one attached hydrogen (secondary N) is 1. The molecule has 206 valence electrons. The van der Waals surface area contributed by atoms with Crippen molar-refractivity contribution in [1.29, 1.82) is 0 Å². The van der Waals surface area contributed by atoms with Crippen molar-refractivity contribution >= 4 is 52.6 Å². The van der Waals surface area contributed by atoms with Crippen LogP contribution in [0.1, 0.15) is 22.8 Å². The van der Waals surface area contributed by atoms with Crippen LogP contribution in [-0.2, 0) is 25.5 Å². The quantitative estimate of drug-likeness (QED) is 0.216. The molecule has 0 unspecified atom stereocenters. The van der Waals surface area contributed by atoms with Crippen molar-refractivity contribution in [3.63, 3.8) is 0 Å². The summed E-state index contributed by atoms with van der Waals surface area (Å²) in [6.07, 6.45) is -0.503. The molecule has 1 aromatic heterocycles. The van der Waals surface area contributed by atoms with E-state index in [1.807, 2.05) is 91.0 Å². The average molecular weight is 601 g/mol. The summed E-state index contributed by atoms with van der Waals surface area (Å²) in [4.78, 5) is 42.4. The smallest absolute Gasteiger partial charge is 0.356 e. The highest BCUT2D eigenvalue weighted by Gasteiger charge is 2.55. The maximum Gasteiger partial charge on any atom is 0.356 e. The van der Waals surface area contributed by atoms with Crippen LogP contribution in [0.4, 0.5) is 0 Å². The first-order valence-electron chi connectivity index (χ1n) is 12.8. The number of fused-ring (bicyclic) bond motifs is 1. The van der Waals surface area contributed by atoms with Crippen LogP contribution in [0.3, 0.4) is 0 Å². The van der Waals surface area contributed by atoms with Crippen LogP contribution >= 0.6 is 34.9 Å². The molecular weight excluding hydrogens is 577 g/mol. The number of carbonyl (C=O) groups is 3. The third-order valence-electron chi connectivity index (χ3n) is 6.63. The van der Waals surface area contributed by atoms with Gasteiger partial charge in [0.1, 0.15) is 22.6 Å². The lowest BCUT2D eigenvalue weighted by molar-refractivity contribution is -0.154. The molecule has 2 aliphatic heterocycles. The Morgan fingerprint density at radius 3 is 2.22 bits per heavy atom. The van der Waals surface area contributed by atoms with Crippen LogP contribution in [0.15, 0.2) is 111 Å². The van der Waals surface area contributed by atoms with Gasteiger partial charge in [-0.3, -0.25) is 14.5 Å². The van der Waals surface area contributed by atoms with Crippen molar-refractivity contribution < 1.29 is 19.1 Å². The van der Waals surface area contributed by atoms with E-state index in [0.717, 1.165) is 16.7 Å². The number of amides is 2. The van der Waals surface area contributed by atoms with Gasteiger partial charge in [0.25, 0.3) is 5.91 Å². The Labute approximate surface area is 249 Å². The predicted octanol–water partition coefficient (Wildman–Crippen LogP) is 4.82. The summed E-state index contributed by atoms with van der Waals surface area (Å²) in [5, 5.41) is 10.5. The molecular formula is C30H24N4O4S3. The SMILES string of the molecule is O=C(Cc1ccccc1)N[C@@H]1C(=O)N2C(C(=O)OC(c3ccccc3)c3ccccc3)=C(Sc3nncs3)CS[C@@H]12. The fourth-order valence-corrected chi connectivity index (χ4v) is 7.84. The van der Waals surface area contributed by atoms with Gasteiger partial charge in [0.2, 0.25) is 5.91 Å². The van der Waals surface area contributed by atoms with Gasteiger partial charge in [0, 0.05) is 10.7 Å². The lowest BCUT2D eigenvalue weighted by Crippen LogP contribution is -2.70. The first-order valence-corrected chi connectivity index (χ1v) is 15.6. The van der Waals surface area contributed by atoms with Crippen LogP contribution in [0.5, 0.6) is 0 Å². The molecule has 2 atom stereocenters. The molecule has 0 bridgehead atoms. The minimum Gasteiger partial charge on any atom is -0.448 e. The summed E-state index contributed by atoms with van der Waals surface area (Å²) in [5.74, 6) is -0.746. The molecule has 0 aliphatic carbocycles. The van der Waals surface area contributed by atoms with Crippen LogP contribution in [0, 0.1) is 0 Å². The van der Waals surface area contributed by atoms with Gasteiger partial charge in [0.05, 0.1) is 6.42 Å². The number of thioether (sulfide) groups is 2. The van der Waals surface area contributed by atoms with Crippen molar-refractivity contribution in [3.8, 4) is 0 Å². The average Bonchev–Trinajstić information content (AvgIpc) is 3.53. The van der Waals surface area contributed by atoms with Gasteiger partial charge in [-0.1, -0.05) is 114 Å². The zero-order valence-corrected chi connectivity index (χ0v) is 24.0. The molecule has 41 heavy (non-hydrogen) atoms. The van der Waals surface area contributed by atoms with E-state index in [-0.39, 0.29) is 23.9 Å². The topological polar surface area (TPSA) is 101 Å². The van der Waals surface area contributed by atoms with Crippen LogP contribution < -0.4 is 5.32 Å². The molecule has 1 saturated heterocycles. The summed E-state index contributed by atoms with van der Waals surface area (Å²) < 4.78 is 6.83. The number of benzene rings is 3. The lowest BCUT2D eigenvalue weighted by Gasteiger charge is -2.49. The first-order chi connectivity index (χ1) is 20.1. The summed E-state index contributed by atoms with van der Waals surface area (Å²) in [6.45, 7) is 0. The third kappa shape index (κ3) is 5.92. The maximum atomic E-state index is 14.0. The molecule has 4 aromatic rings. The standard InChI is InChI=1S/C30H24N4O4S3/c35-23(16-19-10-4-1-5-11-19)32-24-27(36)34-25(22(17-39-28(24)34)41-30-33-31-18-40-30)29(37)38-26(20-12-6-2-7-13-20)21-14-8-3-9-15-21/h1-15,18,24,26,28H,16-17H2,(H,32,35)/t24-,28+/m1/s1. The van der Waals surface area contributed by atoms with Crippen molar-refractivity contribution in [2.75, 3.05) is 5.75 Å². The molecule has 3 aromatic carbocycles. The largest absolute Gasteiger partial charge is 0.448 e. The number of esters is 1.